The standard InChI is InChI=1S/C25H27BrN6O3/c1-4-15-6-5-9-35-24-19(12-27-31(24)3)18-10-16(14-30(2)23(18)34)22(33)29-25-28-20-8-7-17(26)11-21(20)32(25)13-15/h7-8,10-12,14-15H,4-6,9,13H2,1-3H3,(H,28,29,33). The van der Waals surface area contributed by atoms with Gasteiger partial charge >= 0.3 is 0 Å². The Kier molecular flexibility index (Phi) is 6.22. The molecule has 0 spiro atoms. The summed E-state index contributed by atoms with van der Waals surface area (Å²) in [4.78, 5) is 31.1. The fourth-order valence-electron chi connectivity index (χ4n) is 4.58. The van der Waals surface area contributed by atoms with E-state index in [9.17, 15) is 9.59 Å². The Balaban J connectivity index is 1.66. The molecule has 35 heavy (non-hydrogen) atoms. The van der Waals surface area contributed by atoms with Crippen molar-refractivity contribution in [1.82, 2.24) is 23.9 Å². The third kappa shape index (κ3) is 4.38. The minimum atomic E-state index is -0.341. The molecule has 3 aromatic heterocycles. The molecule has 0 radical (unpaired) electrons. The third-order valence-electron chi connectivity index (χ3n) is 6.57. The fraction of sp³-hybridized carbons (Fsp3) is 0.360. The molecule has 4 heterocycles. The molecule has 1 aromatic carbocycles. The quantitative estimate of drug-likeness (QED) is 0.388. The number of carbonyl (C=O) groups excluding carboxylic acids is 1. The van der Waals surface area contributed by atoms with Gasteiger partial charge in [0, 0.05) is 31.3 Å². The average Bonchev–Trinajstić information content (AvgIpc) is 3.36. The molecule has 0 aliphatic carbocycles. The van der Waals surface area contributed by atoms with Crippen LogP contribution in [0.15, 0.2) is 45.9 Å². The zero-order chi connectivity index (χ0) is 24.7. The van der Waals surface area contributed by atoms with E-state index in [4.69, 9.17) is 9.72 Å². The number of nitrogens with zero attached hydrogens (tertiary/aromatic N) is 5. The Morgan fingerprint density at radius 1 is 1.20 bits per heavy atom. The van der Waals surface area contributed by atoms with Gasteiger partial charge in [-0.05, 0) is 43.0 Å². The number of imidazole rings is 1. The number of hydrogen-bond donors (Lipinski definition) is 1. The van der Waals surface area contributed by atoms with Crippen LogP contribution in [-0.2, 0) is 20.6 Å². The summed E-state index contributed by atoms with van der Waals surface area (Å²) in [7, 11) is 3.41. The monoisotopic (exact) mass is 538 g/mol. The van der Waals surface area contributed by atoms with E-state index in [0.717, 1.165) is 34.8 Å². The van der Waals surface area contributed by atoms with Crippen molar-refractivity contribution in [3.05, 3.63) is 57.0 Å². The molecule has 0 saturated carbocycles. The van der Waals surface area contributed by atoms with E-state index >= 15 is 0 Å². The van der Waals surface area contributed by atoms with Crippen LogP contribution in [0.1, 0.15) is 36.5 Å². The second kappa shape index (κ2) is 9.33. The first kappa shape index (κ1) is 23.3. The maximum atomic E-state index is 13.4. The maximum absolute atomic E-state index is 13.4. The van der Waals surface area contributed by atoms with Gasteiger partial charge in [-0.3, -0.25) is 14.9 Å². The third-order valence-corrected chi connectivity index (χ3v) is 7.06. The number of halogens is 1. The van der Waals surface area contributed by atoms with Gasteiger partial charge < -0.3 is 13.9 Å². The molecular formula is C25H27BrN6O3. The number of anilines is 1. The number of aryl methyl sites for hydroxylation is 2. The Morgan fingerprint density at radius 3 is 2.83 bits per heavy atom. The van der Waals surface area contributed by atoms with Crippen LogP contribution in [0, 0.1) is 5.92 Å². The molecule has 1 unspecified atom stereocenters. The lowest BCUT2D eigenvalue weighted by atomic mass is 10.0. The molecule has 2 bridgehead atoms. The summed E-state index contributed by atoms with van der Waals surface area (Å²) < 4.78 is 12.2. The highest BCUT2D eigenvalue weighted by Gasteiger charge is 2.22. The molecule has 0 fully saturated rings. The summed E-state index contributed by atoms with van der Waals surface area (Å²) in [6.07, 6.45) is 5.92. The molecule has 0 saturated heterocycles. The molecular weight excluding hydrogens is 512 g/mol. The maximum Gasteiger partial charge on any atom is 0.259 e. The Hall–Kier alpha value is -3.40. The largest absolute Gasteiger partial charge is 0.477 e. The smallest absolute Gasteiger partial charge is 0.259 e. The first-order valence-corrected chi connectivity index (χ1v) is 12.5. The van der Waals surface area contributed by atoms with Gasteiger partial charge in [0.05, 0.1) is 40.5 Å². The van der Waals surface area contributed by atoms with Crippen LogP contribution in [0.5, 0.6) is 5.88 Å². The van der Waals surface area contributed by atoms with Crippen LogP contribution in [0.4, 0.5) is 5.95 Å². The lowest BCUT2D eigenvalue weighted by Gasteiger charge is -2.18. The molecule has 182 valence electrons. The topological polar surface area (TPSA) is 96.0 Å². The lowest BCUT2D eigenvalue weighted by Crippen LogP contribution is -2.23. The number of rotatable bonds is 1. The highest BCUT2D eigenvalue weighted by Crippen LogP contribution is 2.30. The summed E-state index contributed by atoms with van der Waals surface area (Å²) in [5.74, 6) is 1.04. The van der Waals surface area contributed by atoms with Crippen LogP contribution < -0.4 is 15.6 Å². The van der Waals surface area contributed by atoms with Gasteiger partial charge in [-0.15, -0.1) is 0 Å². The van der Waals surface area contributed by atoms with Gasteiger partial charge in [0.1, 0.15) is 0 Å². The number of fused-ring (bicyclic) bond motifs is 7. The predicted octanol–water partition coefficient (Wildman–Crippen LogP) is 4.35. The van der Waals surface area contributed by atoms with E-state index in [1.165, 1.54) is 10.8 Å². The molecule has 1 aliphatic rings. The number of nitrogens with one attached hydrogen (secondary N) is 1. The van der Waals surface area contributed by atoms with Crippen molar-refractivity contribution in [3.8, 4) is 17.0 Å². The van der Waals surface area contributed by atoms with Crippen molar-refractivity contribution in [2.45, 2.75) is 32.7 Å². The number of carbonyl (C=O) groups is 1. The number of aromatic nitrogens is 5. The van der Waals surface area contributed by atoms with E-state index in [1.54, 1.807) is 31.0 Å². The van der Waals surface area contributed by atoms with E-state index in [2.05, 4.69) is 37.8 Å². The van der Waals surface area contributed by atoms with E-state index in [0.29, 0.717) is 47.6 Å². The SMILES string of the molecule is CCC1CCCOc2c(cnn2C)-c2cc(cn(C)c2=O)C(=O)Nc2nc3ccc(Br)cc3n2C1. The number of amides is 1. The van der Waals surface area contributed by atoms with Crippen LogP contribution in [0.3, 0.4) is 0 Å². The van der Waals surface area contributed by atoms with Gasteiger partial charge in [0.25, 0.3) is 11.5 Å². The second-order valence-corrected chi connectivity index (χ2v) is 9.86. The predicted molar refractivity (Wildman–Crippen MR) is 138 cm³/mol. The van der Waals surface area contributed by atoms with Crippen molar-refractivity contribution in [3.63, 3.8) is 0 Å². The van der Waals surface area contributed by atoms with E-state index < -0.39 is 0 Å². The zero-order valence-electron chi connectivity index (χ0n) is 19.9. The van der Waals surface area contributed by atoms with Crippen molar-refractivity contribution >= 4 is 38.8 Å². The minimum Gasteiger partial charge on any atom is -0.477 e. The summed E-state index contributed by atoms with van der Waals surface area (Å²) in [6, 6.07) is 7.50. The highest BCUT2D eigenvalue weighted by atomic mass is 79.9. The van der Waals surface area contributed by atoms with E-state index in [-0.39, 0.29) is 11.5 Å². The normalized spacial score (nSPS) is 16.6. The number of pyridine rings is 1. The second-order valence-electron chi connectivity index (χ2n) is 8.94. The molecule has 10 heteroatoms. The summed E-state index contributed by atoms with van der Waals surface area (Å²) in [5, 5.41) is 7.30. The summed E-state index contributed by atoms with van der Waals surface area (Å²) >= 11 is 3.56. The van der Waals surface area contributed by atoms with Gasteiger partial charge in [0.2, 0.25) is 11.8 Å². The minimum absolute atomic E-state index is 0.230. The van der Waals surface area contributed by atoms with Crippen LogP contribution in [0.25, 0.3) is 22.2 Å². The molecule has 1 amide bonds. The van der Waals surface area contributed by atoms with Gasteiger partial charge in [0.15, 0.2) is 0 Å². The zero-order valence-corrected chi connectivity index (χ0v) is 21.5. The number of benzene rings is 1. The van der Waals surface area contributed by atoms with Gasteiger partial charge in [-0.2, -0.15) is 5.10 Å². The van der Waals surface area contributed by atoms with Crippen LogP contribution in [0.2, 0.25) is 0 Å². The van der Waals surface area contributed by atoms with Crippen molar-refractivity contribution < 1.29 is 9.53 Å². The summed E-state index contributed by atoms with van der Waals surface area (Å²) in [6.45, 7) is 3.39. The molecule has 1 atom stereocenters. The Bertz CT molecular complexity index is 1480. The first-order valence-electron chi connectivity index (χ1n) is 11.7. The lowest BCUT2D eigenvalue weighted by molar-refractivity contribution is 0.102. The van der Waals surface area contributed by atoms with Crippen molar-refractivity contribution in [1.29, 1.82) is 0 Å². The number of hydrogen-bond acceptors (Lipinski definition) is 5. The highest BCUT2D eigenvalue weighted by molar-refractivity contribution is 9.10. The van der Waals surface area contributed by atoms with E-state index in [1.807, 2.05) is 18.2 Å². The van der Waals surface area contributed by atoms with Crippen molar-refractivity contribution in [2.75, 3.05) is 11.9 Å². The summed E-state index contributed by atoms with van der Waals surface area (Å²) in [5.41, 5.74) is 2.81. The average molecular weight is 539 g/mol. The molecule has 4 aromatic rings. The van der Waals surface area contributed by atoms with Crippen LogP contribution in [-0.4, -0.2) is 36.4 Å². The molecule has 1 aliphatic heterocycles. The number of ether oxygens (including phenoxy) is 1. The first-order chi connectivity index (χ1) is 16.9. The molecule has 5 rings (SSSR count). The Morgan fingerprint density at radius 2 is 2.03 bits per heavy atom. The Labute approximate surface area is 210 Å². The molecule has 1 N–H and O–H groups in total. The fourth-order valence-corrected chi connectivity index (χ4v) is 4.93. The van der Waals surface area contributed by atoms with Gasteiger partial charge in [-0.1, -0.05) is 29.3 Å². The van der Waals surface area contributed by atoms with Gasteiger partial charge in [-0.25, -0.2) is 9.67 Å². The van der Waals surface area contributed by atoms with Crippen LogP contribution >= 0.6 is 15.9 Å². The molecule has 9 nitrogen and oxygen atoms in total. The van der Waals surface area contributed by atoms with Crippen molar-refractivity contribution in [2.24, 2.45) is 20.0 Å².